The van der Waals surface area contributed by atoms with E-state index in [2.05, 4.69) is 4.90 Å². The van der Waals surface area contributed by atoms with Gasteiger partial charge in [-0.15, -0.1) is 11.6 Å². The lowest BCUT2D eigenvalue weighted by Gasteiger charge is -2.44. The van der Waals surface area contributed by atoms with Crippen molar-refractivity contribution in [3.63, 3.8) is 0 Å². The number of unbranched alkanes of at least 4 members (excludes halogenated alkanes) is 2. The van der Waals surface area contributed by atoms with E-state index in [0.29, 0.717) is 0 Å². The maximum Gasteiger partial charge on any atom is 0.0223 e. The molecule has 1 aliphatic heterocycles. The molecule has 0 amide bonds. The van der Waals surface area contributed by atoms with Gasteiger partial charge < -0.3 is 4.90 Å². The summed E-state index contributed by atoms with van der Waals surface area (Å²) in [7, 11) is 0. The lowest BCUT2D eigenvalue weighted by molar-refractivity contribution is 0.0670. The fraction of sp³-hybridized carbons (Fsp3) is 1.00. The van der Waals surface area contributed by atoms with Crippen molar-refractivity contribution in [3.05, 3.63) is 0 Å². The molecular formula is C15H28ClN. The second-order valence-electron chi connectivity index (χ2n) is 6.15. The van der Waals surface area contributed by atoms with Crippen molar-refractivity contribution in [3.8, 4) is 0 Å². The molecule has 0 radical (unpaired) electrons. The van der Waals surface area contributed by atoms with Crippen molar-refractivity contribution in [2.45, 2.75) is 64.2 Å². The number of piperidine rings is 1. The SMILES string of the molecule is ClCCCCCN1CCC2(CCCCC2)CC1. The smallest absolute Gasteiger partial charge is 0.0223 e. The molecule has 1 aliphatic carbocycles. The van der Waals surface area contributed by atoms with Gasteiger partial charge in [-0.2, -0.15) is 0 Å². The average Bonchev–Trinajstić information content (AvgIpc) is 2.38. The quantitative estimate of drug-likeness (QED) is 0.520. The van der Waals surface area contributed by atoms with Crippen LogP contribution in [0.3, 0.4) is 0 Å². The lowest BCUT2D eigenvalue weighted by atomic mass is 9.68. The van der Waals surface area contributed by atoms with Crippen LogP contribution in [0.1, 0.15) is 64.2 Å². The number of likely N-dealkylation sites (tertiary alicyclic amines) is 1. The number of nitrogens with zero attached hydrogens (tertiary/aromatic N) is 1. The first-order valence-corrected chi connectivity index (χ1v) is 8.16. The second kappa shape index (κ2) is 6.99. The Kier molecular flexibility index (Phi) is 5.62. The van der Waals surface area contributed by atoms with Crippen LogP contribution in [0.15, 0.2) is 0 Å². The Morgan fingerprint density at radius 3 is 2.18 bits per heavy atom. The van der Waals surface area contributed by atoms with Crippen LogP contribution in [0.25, 0.3) is 0 Å². The second-order valence-corrected chi connectivity index (χ2v) is 6.53. The first-order chi connectivity index (χ1) is 8.35. The number of hydrogen-bond donors (Lipinski definition) is 0. The number of alkyl halides is 1. The zero-order chi connectivity index (χ0) is 12.0. The molecule has 1 saturated carbocycles. The lowest BCUT2D eigenvalue weighted by Crippen LogP contribution is -2.41. The van der Waals surface area contributed by atoms with Gasteiger partial charge in [0.25, 0.3) is 0 Å². The van der Waals surface area contributed by atoms with E-state index in [-0.39, 0.29) is 0 Å². The van der Waals surface area contributed by atoms with Crippen LogP contribution < -0.4 is 0 Å². The molecule has 0 unspecified atom stereocenters. The largest absolute Gasteiger partial charge is 0.303 e. The summed E-state index contributed by atoms with van der Waals surface area (Å²) in [4.78, 5) is 2.69. The molecular weight excluding hydrogens is 230 g/mol. The Balaban J connectivity index is 1.63. The summed E-state index contributed by atoms with van der Waals surface area (Å²) in [5.41, 5.74) is 0.769. The van der Waals surface area contributed by atoms with E-state index in [9.17, 15) is 0 Å². The van der Waals surface area contributed by atoms with Crippen molar-refractivity contribution in [1.29, 1.82) is 0 Å². The summed E-state index contributed by atoms with van der Waals surface area (Å²) >= 11 is 5.71. The third-order valence-corrected chi connectivity index (χ3v) is 5.21. The molecule has 0 aromatic heterocycles. The molecule has 0 atom stereocenters. The van der Waals surface area contributed by atoms with E-state index < -0.39 is 0 Å². The normalized spacial score (nSPS) is 25.2. The van der Waals surface area contributed by atoms with Gasteiger partial charge in [0.2, 0.25) is 0 Å². The maximum atomic E-state index is 5.71. The highest BCUT2D eigenvalue weighted by Gasteiger charge is 2.34. The molecule has 1 heterocycles. The molecule has 0 bridgehead atoms. The molecule has 1 nitrogen and oxygen atoms in total. The molecule has 0 aromatic carbocycles. The summed E-state index contributed by atoms with van der Waals surface area (Å²) in [6.45, 7) is 4.04. The first kappa shape index (κ1) is 13.7. The van der Waals surface area contributed by atoms with Gasteiger partial charge in [0.1, 0.15) is 0 Å². The molecule has 2 heteroatoms. The minimum absolute atomic E-state index is 0.769. The Morgan fingerprint density at radius 1 is 0.824 bits per heavy atom. The molecule has 2 fully saturated rings. The van der Waals surface area contributed by atoms with Crippen LogP contribution in [-0.4, -0.2) is 30.4 Å². The average molecular weight is 258 g/mol. The van der Waals surface area contributed by atoms with Crippen LogP contribution in [-0.2, 0) is 0 Å². The molecule has 1 saturated heterocycles. The number of rotatable bonds is 5. The summed E-state index contributed by atoms with van der Waals surface area (Å²) in [5.74, 6) is 0.836. The maximum absolute atomic E-state index is 5.71. The van der Waals surface area contributed by atoms with E-state index in [0.717, 1.165) is 11.3 Å². The highest BCUT2D eigenvalue weighted by Crippen LogP contribution is 2.44. The Bertz CT molecular complexity index is 201. The van der Waals surface area contributed by atoms with Gasteiger partial charge in [0, 0.05) is 5.88 Å². The highest BCUT2D eigenvalue weighted by atomic mass is 35.5. The number of hydrogen-bond acceptors (Lipinski definition) is 1. The fourth-order valence-corrected chi connectivity index (χ4v) is 3.85. The fourth-order valence-electron chi connectivity index (χ4n) is 3.66. The van der Waals surface area contributed by atoms with Crippen LogP contribution >= 0.6 is 11.6 Å². The van der Waals surface area contributed by atoms with Crippen LogP contribution in [0, 0.1) is 5.41 Å². The molecule has 1 spiro atoms. The van der Waals surface area contributed by atoms with E-state index in [1.165, 1.54) is 83.8 Å². The zero-order valence-electron chi connectivity index (χ0n) is 11.2. The van der Waals surface area contributed by atoms with Gasteiger partial charge in [-0.3, -0.25) is 0 Å². The topological polar surface area (TPSA) is 3.24 Å². The van der Waals surface area contributed by atoms with E-state index >= 15 is 0 Å². The Hall–Kier alpha value is 0.250. The monoisotopic (exact) mass is 257 g/mol. The third kappa shape index (κ3) is 4.13. The highest BCUT2D eigenvalue weighted by molar-refractivity contribution is 6.17. The van der Waals surface area contributed by atoms with Crippen LogP contribution in [0.4, 0.5) is 0 Å². The van der Waals surface area contributed by atoms with E-state index in [1.807, 2.05) is 0 Å². The molecule has 0 N–H and O–H groups in total. The van der Waals surface area contributed by atoms with Gasteiger partial charge in [0.05, 0.1) is 0 Å². The third-order valence-electron chi connectivity index (χ3n) is 4.94. The van der Waals surface area contributed by atoms with Crippen molar-refractivity contribution >= 4 is 11.6 Å². The predicted octanol–water partition coefficient (Wildman–Crippen LogP) is 4.44. The van der Waals surface area contributed by atoms with Gasteiger partial charge in [-0.05, 0) is 63.6 Å². The standard InChI is InChI=1S/C15H28ClN/c16-11-5-2-6-12-17-13-9-15(10-14-17)7-3-1-4-8-15/h1-14H2. The van der Waals surface area contributed by atoms with Crippen molar-refractivity contribution in [2.75, 3.05) is 25.5 Å². The van der Waals surface area contributed by atoms with E-state index in [4.69, 9.17) is 11.6 Å². The van der Waals surface area contributed by atoms with Crippen molar-refractivity contribution in [1.82, 2.24) is 4.90 Å². The Labute approximate surface area is 112 Å². The molecule has 0 aromatic rings. The summed E-state index contributed by atoms with van der Waals surface area (Å²) in [6.07, 6.45) is 14.3. The van der Waals surface area contributed by atoms with Gasteiger partial charge >= 0.3 is 0 Å². The van der Waals surface area contributed by atoms with Crippen molar-refractivity contribution < 1.29 is 0 Å². The zero-order valence-corrected chi connectivity index (χ0v) is 12.0. The Morgan fingerprint density at radius 2 is 1.53 bits per heavy atom. The minimum atomic E-state index is 0.769. The summed E-state index contributed by atoms with van der Waals surface area (Å²) < 4.78 is 0. The van der Waals surface area contributed by atoms with Gasteiger partial charge in [0.15, 0.2) is 0 Å². The first-order valence-electron chi connectivity index (χ1n) is 7.63. The van der Waals surface area contributed by atoms with Crippen molar-refractivity contribution in [2.24, 2.45) is 5.41 Å². The molecule has 2 rings (SSSR count). The minimum Gasteiger partial charge on any atom is -0.303 e. The van der Waals surface area contributed by atoms with Crippen LogP contribution in [0.2, 0.25) is 0 Å². The van der Waals surface area contributed by atoms with E-state index in [1.54, 1.807) is 0 Å². The number of halogens is 1. The van der Waals surface area contributed by atoms with Crippen LogP contribution in [0.5, 0.6) is 0 Å². The summed E-state index contributed by atoms with van der Waals surface area (Å²) in [5, 5.41) is 0. The van der Waals surface area contributed by atoms with Gasteiger partial charge in [-0.1, -0.05) is 25.7 Å². The molecule has 100 valence electrons. The predicted molar refractivity (Wildman–Crippen MR) is 75.8 cm³/mol. The molecule has 17 heavy (non-hydrogen) atoms. The molecule has 2 aliphatic rings. The van der Waals surface area contributed by atoms with Gasteiger partial charge in [-0.25, -0.2) is 0 Å². The summed E-state index contributed by atoms with van der Waals surface area (Å²) in [6, 6.07) is 0.